The van der Waals surface area contributed by atoms with Gasteiger partial charge in [0.2, 0.25) is 5.89 Å². The monoisotopic (exact) mass is 515 g/mol. The van der Waals surface area contributed by atoms with Crippen molar-refractivity contribution in [2.24, 2.45) is 0 Å². The van der Waals surface area contributed by atoms with Gasteiger partial charge in [-0.05, 0) is 31.0 Å². The van der Waals surface area contributed by atoms with Crippen LogP contribution in [0.25, 0.3) is 22.0 Å². The molecule has 0 radical (unpaired) electrons. The summed E-state index contributed by atoms with van der Waals surface area (Å²) >= 11 is 0. The van der Waals surface area contributed by atoms with Crippen molar-refractivity contribution in [2.75, 3.05) is 18.0 Å². The number of benzene rings is 2. The summed E-state index contributed by atoms with van der Waals surface area (Å²) in [6, 6.07) is 9.08. The van der Waals surface area contributed by atoms with Crippen LogP contribution in [0.3, 0.4) is 0 Å². The van der Waals surface area contributed by atoms with Crippen molar-refractivity contribution in [3.8, 4) is 11.1 Å². The topological polar surface area (TPSA) is 67.9 Å². The third kappa shape index (κ3) is 4.46. The van der Waals surface area contributed by atoms with E-state index in [1.54, 1.807) is 18.2 Å². The summed E-state index contributed by atoms with van der Waals surface area (Å²) < 4.78 is 34.4. The van der Waals surface area contributed by atoms with Gasteiger partial charge in [0.05, 0.1) is 5.52 Å². The lowest BCUT2D eigenvalue weighted by Gasteiger charge is -2.32. The molecule has 0 bridgehead atoms. The summed E-state index contributed by atoms with van der Waals surface area (Å²) in [6.45, 7) is 5.48. The van der Waals surface area contributed by atoms with E-state index >= 15 is 0 Å². The van der Waals surface area contributed by atoms with Gasteiger partial charge in [-0.25, -0.2) is 18.7 Å². The van der Waals surface area contributed by atoms with Crippen molar-refractivity contribution in [3.63, 3.8) is 0 Å². The Bertz CT molecular complexity index is 1270. The van der Waals surface area contributed by atoms with E-state index in [4.69, 9.17) is 4.52 Å². The molecule has 0 amide bonds. The van der Waals surface area contributed by atoms with Crippen LogP contribution in [0.2, 0.25) is 0 Å². The van der Waals surface area contributed by atoms with Crippen LogP contribution >= 0.6 is 17.0 Å². The minimum atomic E-state index is -0.449. The number of anilines is 1. The number of piperidine rings is 1. The average Bonchev–Trinajstić information content (AvgIpc) is 3.29. The third-order valence-electron chi connectivity index (χ3n) is 5.96. The van der Waals surface area contributed by atoms with Crippen LogP contribution in [-0.4, -0.2) is 33.2 Å². The minimum absolute atomic E-state index is 0. The summed E-state index contributed by atoms with van der Waals surface area (Å²) in [4.78, 5) is 15.5. The zero-order valence-electron chi connectivity index (χ0n) is 18.3. The molecule has 33 heavy (non-hydrogen) atoms. The molecule has 3 heterocycles. The van der Waals surface area contributed by atoms with Gasteiger partial charge in [-0.2, -0.15) is 4.98 Å². The molecule has 0 aliphatic carbocycles. The maximum atomic E-state index is 14.6. The highest BCUT2D eigenvalue weighted by Crippen LogP contribution is 2.36. The Hall–Kier alpha value is -2.94. The van der Waals surface area contributed by atoms with Crippen LogP contribution in [0.5, 0.6) is 0 Å². The molecular weight excluding hydrogens is 492 g/mol. The molecule has 0 atom stereocenters. The first kappa shape index (κ1) is 23.2. The molecule has 5 rings (SSSR count). The molecule has 0 N–H and O–H groups in total. The van der Waals surface area contributed by atoms with Crippen LogP contribution in [0.4, 0.5) is 14.6 Å². The minimum Gasteiger partial charge on any atom is -0.356 e. The second-order valence-electron chi connectivity index (χ2n) is 8.43. The van der Waals surface area contributed by atoms with E-state index in [1.807, 2.05) is 13.8 Å². The molecule has 0 unspecified atom stereocenters. The Labute approximate surface area is 200 Å². The van der Waals surface area contributed by atoms with Gasteiger partial charge >= 0.3 is 0 Å². The molecular formula is C24H24BrF2N5O. The van der Waals surface area contributed by atoms with Gasteiger partial charge in [0.25, 0.3) is 0 Å². The fourth-order valence-electron chi connectivity index (χ4n) is 4.25. The fourth-order valence-corrected chi connectivity index (χ4v) is 4.25. The van der Waals surface area contributed by atoms with E-state index in [-0.39, 0.29) is 28.8 Å². The Morgan fingerprint density at radius 1 is 1.03 bits per heavy atom. The molecule has 0 spiro atoms. The lowest BCUT2D eigenvalue weighted by Crippen LogP contribution is -2.34. The summed E-state index contributed by atoms with van der Waals surface area (Å²) in [6.07, 6.45) is 3.12. The molecule has 9 heteroatoms. The van der Waals surface area contributed by atoms with Crippen molar-refractivity contribution >= 4 is 33.7 Å². The Morgan fingerprint density at radius 2 is 1.79 bits per heavy atom. The third-order valence-corrected chi connectivity index (χ3v) is 5.96. The number of fused-ring (bicyclic) bond motifs is 1. The predicted octanol–water partition coefficient (Wildman–Crippen LogP) is 6.04. The second kappa shape index (κ2) is 9.51. The molecule has 172 valence electrons. The number of hydrogen-bond acceptors (Lipinski definition) is 6. The van der Waals surface area contributed by atoms with Crippen LogP contribution in [0.15, 0.2) is 47.2 Å². The van der Waals surface area contributed by atoms with E-state index in [0.29, 0.717) is 46.8 Å². The van der Waals surface area contributed by atoms with E-state index in [1.165, 1.54) is 24.5 Å². The first-order chi connectivity index (χ1) is 15.5. The van der Waals surface area contributed by atoms with Crippen molar-refractivity contribution in [1.82, 2.24) is 20.1 Å². The number of halogens is 3. The Kier molecular flexibility index (Phi) is 6.69. The van der Waals surface area contributed by atoms with E-state index in [0.717, 1.165) is 18.7 Å². The molecule has 1 aliphatic heterocycles. The van der Waals surface area contributed by atoms with Crippen LogP contribution in [0.1, 0.15) is 50.2 Å². The van der Waals surface area contributed by atoms with E-state index < -0.39 is 11.6 Å². The van der Waals surface area contributed by atoms with E-state index in [2.05, 4.69) is 25.0 Å². The predicted molar refractivity (Wildman–Crippen MR) is 128 cm³/mol. The van der Waals surface area contributed by atoms with Crippen LogP contribution < -0.4 is 4.90 Å². The molecule has 2 aromatic carbocycles. The lowest BCUT2D eigenvalue weighted by molar-refractivity contribution is 0.353. The zero-order chi connectivity index (χ0) is 22.2. The highest BCUT2D eigenvalue weighted by molar-refractivity contribution is 8.93. The van der Waals surface area contributed by atoms with Crippen molar-refractivity contribution in [1.29, 1.82) is 0 Å². The molecule has 1 saturated heterocycles. The van der Waals surface area contributed by atoms with Crippen LogP contribution in [-0.2, 0) is 0 Å². The fraction of sp³-hybridized carbons (Fsp3) is 0.333. The normalized spacial score (nSPS) is 14.6. The Balaban J connectivity index is 0.00000259. The number of rotatable bonds is 4. The summed E-state index contributed by atoms with van der Waals surface area (Å²) in [5, 5.41) is 4.73. The molecule has 1 aliphatic rings. The first-order valence-corrected chi connectivity index (χ1v) is 10.8. The SMILES string of the molecule is Br.CC(C)c1nc(C2CCN(c3ncnc4c(-c5ccccc5F)cc(F)cc34)CC2)no1. The zero-order valence-corrected chi connectivity index (χ0v) is 20.0. The molecule has 6 nitrogen and oxygen atoms in total. The Morgan fingerprint density at radius 3 is 2.48 bits per heavy atom. The van der Waals surface area contributed by atoms with Gasteiger partial charge in [0.1, 0.15) is 23.8 Å². The molecule has 4 aromatic rings. The average molecular weight is 516 g/mol. The van der Waals surface area contributed by atoms with Gasteiger partial charge in [-0.1, -0.05) is 37.2 Å². The molecule has 2 aromatic heterocycles. The maximum Gasteiger partial charge on any atom is 0.229 e. The quantitative estimate of drug-likeness (QED) is 0.329. The molecule has 0 saturated carbocycles. The number of aromatic nitrogens is 4. The highest BCUT2D eigenvalue weighted by atomic mass is 79.9. The summed E-state index contributed by atoms with van der Waals surface area (Å²) in [5.74, 6) is 1.59. The first-order valence-electron chi connectivity index (χ1n) is 10.8. The van der Waals surface area contributed by atoms with Gasteiger partial charge in [0, 0.05) is 41.4 Å². The summed E-state index contributed by atoms with van der Waals surface area (Å²) in [5.41, 5.74) is 1.27. The van der Waals surface area contributed by atoms with Gasteiger partial charge in [0.15, 0.2) is 5.82 Å². The van der Waals surface area contributed by atoms with Gasteiger partial charge in [-0.3, -0.25) is 0 Å². The molecule has 1 fully saturated rings. The summed E-state index contributed by atoms with van der Waals surface area (Å²) in [7, 11) is 0. The van der Waals surface area contributed by atoms with Crippen molar-refractivity contribution < 1.29 is 13.3 Å². The van der Waals surface area contributed by atoms with Crippen LogP contribution in [0, 0.1) is 11.6 Å². The number of hydrogen-bond donors (Lipinski definition) is 0. The largest absolute Gasteiger partial charge is 0.356 e. The van der Waals surface area contributed by atoms with Gasteiger partial charge in [-0.15, -0.1) is 17.0 Å². The highest BCUT2D eigenvalue weighted by Gasteiger charge is 2.27. The number of nitrogens with zero attached hydrogens (tertiary/aromatic N) is 5. The maximum absolute atomic E-state index is 14.6. The smallest absolute Gasteiger partial charge is 0.229 e. The van der Waals surface area contributed by atoms with Crippen molar-refractivity contribution in [3.05, 3.63) is 66.1 Å². The van der Waals surface area contributed by atoms with Gasteiger partial charge < -0.3 is 9.42 Å². The standard InChI is InChI=1S/C24H23F2N5O.BrH/c1-14(2)24-29-22(30-32-24)15-7-9-31(10-8-15)23-19-12-16(25)11-18(21(19)27-13-28-23)17-5-3-4-6-20(17)26;/h3-6,11-15H,7-10H2,1-2H3;1H. The lowest BCUT2D eigenvalue weighted by atomic mass is 9.95. The second-order valence-corrected chi connectivity index (χ2v) is 8.43. The van der Waals surface area contributed by atoms with Crippen molar-refractivity contribution in [2.45, 2.75) is 38.5 Å². The van der Waals surface area contributed by atoms with E-state index in [9.17, 15) is 8.78 Å².